The van der Waals surface area contributed by atoms with E-state index < -0.39 is 21.6 Å². The molecule has 148 valence electrons. The van der Waals surface area contributed by atoms with E-state index in [0.29, 0.717) is 23.4 Å². The minimum Gasteiger partial charge on any atom is -0.383 e. The van der Waals surface area contributed by atoms with Crippen molar-refractivity contribution in [1.82, 2.24) is 4.57 Å². The molecule has 0 aliphatic heterocycles. The van der Waals surface area contributed by atoms with Crippen LogP contribution in [0.25, 0.3) is 10.2 Å². The van der Waals surface area contributed by atoms with E-state index in [9.17, 15) is 17.6 Å². The van der Waals surface area contributed by atoms with Crippen LogP contribution in [0.1, 0.15) is 17.3 Å². The molecule has 0 bridgehead atoms. The molecule has 1 amide bonds. The van der Waals surface area contributed by atoms with E-state index in [1.165, 1.54) is 32.2 Å². The van der Waals surface area contributed by atoms with Crippen molar-refractivity contribution in [2.45, 2.75) is 18.4 Å². The van der Waals surface area contributed by atoms with Crippen LogP contribution in [-0.2, 0) is 21.1 Å². The van der Waals surface area contributed by atoms with Gasteiger partial charge in [-0.05, 0) is 24.3 Å². The van der Waals surface area contributed by atoms with Gasteiger partial charge < -0.3 is 9.30 Å². The first kappa shape index (κ1) is 20.4. The van der Waals surface area contributed by atoms with Gasteiger partial charge in [-0.2, -0.15) is 4.99 Å². The van der Waals surface area contributed by atoms with Gasteiger partial charge in [0.2, 0.25) is 0 Å². The number of amides is 1. The number of hydrogen-bond donors (Lipinski definition) is 0. The molecular weight excluding hydrogens is 403 g/mol. The summed E-state index contributed by atoms with van der Waals surface area (Å²) < 4.78 is 46.3. The van der Waals surface area contributed by atoms with Crippen molar-refractivity contribution in [3.05, 3.63) is 58.6 Å². The Bertz CT molecular complexity index is 1200. The Morgan fingerprint density at radius 2 is 1.96 bits per heavy atom. The summed E-state index contributed by atoms with van der Waals surface area (Å²) in [7, 11) is -2.06. The Kier molecular flexibility index (Phi) is 6.07. The molecule has 9 heteroatoms. The summed E-state index contributed by atoms with van der Waals surface area (Å²) in [6.07, 6.45) is 0. The molecule has 0 atom stereocenters. The third-order valence-electron chi connectivity index (χ3n) is 4.20. The lowest BCUT2D eigenvalue weighted by molar-refractivity contribution is 0.0994. The van der Waals surface area contributed by atoms with E-state index in [1.54, 1.807) is 28.8 Å². The van der Waals surface area contributed by atoms with Gasteiger partial charge in [0.15, 0.2) is 14.6 Å². The van der Waals surface area contributed by atoms with E-state index >= 15 is 0 Å². The van der Waals surface area contributed by atoms with Crippen molar-refractivity contribution in [2.75, 3.05) is 19.5 Å². The molecule has 1 heterocycles. The molecule has 0 aliphatic carbocycles. The minimum atomic E-state index is -3.59. The monoisotopic (exact) mass is 422 g/mol. The van der Waals surface area contributed by atoms with Gasteiger partial charge in [0.1, 0.15) is 5.82 Å². The van der Waals surface area contributed by atoms with E-state index in [-0.39, 0.29) is 21.0 Å². The van der Waals surface area contributed by atoms with Gasteiger partial charge in [-0.1, -0.05) is 36.5 Å². The number of rotatable bonds is 6. The maximum Gasteiger partial charge on any atom is 0.280 e. The van der Waals surface area contributed by atoms with E-state index in [1.807, 2.05) is 0 Å². The fraction of sp³-hybridized carbons (Fsp3) is 0.263. The number of aromatic nitrogens is 1. The molecule has 1 aromatic heterocycles. The van der Waals surface area contributed by atoms with E-state index in [2.05, 4.69) is 4.99 Å². The molecule has 28 heavy (non-hydrogen) atoms. The van der Waals surface area contributed by atoms with Crippen LogP contribution >= 0.6 is 11.3 Å². The smallest absolute Gasteiger partial charge is 0.280 e. The highest BCUT2D eigenvalue weighted by Crippen LogP contribution is 2.21. The second kappa shape index (κ2) is 8.34. The number of sulfone groups is 1. The number of fused-ring (bicyclic) bond motifs is 1. The topological polar surface area (TPSA) is 77.7 Å². The molecule has 0 aliphatic rings. The highest BCUT2D eigenvalue weighted by atomic mass is 32.2. The number of ether oxygens (including phenoxy) is 1. The summed E-state index contributed by atoms with van der Waals surface area (Å²) in [5, 5.41) is 0. The van der Waals surface area contributed by atoms with Gasteiger partial charge in [0.05, 0.1) is 33.0 Å². The van der Waals surface area contributed by atoms with Crippen LogP contribution in [0.5, 0.6) is 0 Å². The van der Waals surface area contributed by atoms with Crippen LogP contribution in [0.3, 0.4) is 0 Å². The SMILES string of the molecule is CCS(=O)(=O)c1ccccc1C(=O)N=c1sc2cccc(F)c2n1CCOC. The predicted molar refractivity (Wildman–Crippen MR) is 106 cm³/mol. The quantitative estimate of drug-likeness (QED) is 0.612. The summed E-state index contributed by atoms with van der Waals surface area (Å²) in [6, 6.07) is 10.6. The van der Waals surface area contributed by atoms with Gasteiger partial charge in [0, 0.05) is 13.7 Å². The summed E-state index contributed by atoms with van der Waals surface area (Å²) in [5.74, 6) is -1.24. The maximum atomic E-state index is 14.4. The molecule has 3 aromatic rings. The zero-order valence-corrected chi connectivity index (χ0v) is 17.0. The van der Waals surface area contributed by atoms with Crippen molar-refractivity contribution in [1.29, 1.82) is 0 Å². The first-order chi connectivity index (χ1) is 13.4. The van der Waals surface area contributed by atoms with Crippen molar-refractivity contribution >= 4 is 37.3 Å². The summed E-state index contributed by atoms with van der Waals surface area (Å²) >= 11 is 1.16. The molecule has 6 nitrogen and oxygen atoms in total. The number of thiazole rings is 1. The van der Waals surface area contributed by atoms with Crippen LogP contribution in [0.15, 0.2) is 52.4 Å². The number of nitrogens with zero attached hydrogens (tertiary/aromatic N) is 2. The second-order valence-corrected chi connectivity index (χ2v) is 9.19. The van der Waals surface area contributed by atoms with Crippen LogP contribution in [0.4, 0.5) is 4.39 Å². The zero-order valence-electron chi connectivity index (χ0n) is 15.4. The Morgan fingerprint density at radius 3 is 2.68 bits per heavy atom. The standard InChI is InChI=1S/C19H19FN2O4S2/c1-3-28(24,25)16-10-5-4-7-13(16)18(23)21-19-22(11-12-26-2)17-14(20)8-6-9-15(17)27-19/h4-10H,3,11-12H2,1-2H3. The summed E-state index contributed by atoms with van der Waals surface area (Å²) in [6.45, 7) is 2.13. The van der Waals surface area contributed by atoms with Crippen LogP contribution in [0.2, 0.25) is 0 Å². The first-order valence-corrected chi connectivity index (χ1v) is 11.0. The predicted octanol–water partition coefficient (Wildman–Crippen LogP) is 3.02. The van der Waals surface area contributed by atoms with Crippen molar-refractivity contribution in [3.63, 3.8) is 0 Å². The van der Waals surface area contributed by atoms with Crippen molar-refractivity contribution in [3.8, 4) is 0 Å². The van der Waals surface area contributed by atoms with Gasteiger partial charge in [0.25, 0.3) is 5.91 Å². The lowest BCUT2D eigenvalue weighted by Crippen LogP contribution is -2.20. The molecule has 0 radical (unpaired) electrons. The molecule has 2 aromatic carbocycles. The number of para-hydroxylation sites is 1. The van der Waals surface area contributed by atoms with Gasteiger partial charge in [-0.25, -0.2) is 12.8 Å². The van der Waals surface area contributed by atoms with Gasteiger partial charge in [-0.3, -0.25) is 4.79 Å². The number of halogens is 1. The Balaban J connectivity index is 2.19. The molecule has 0 spiro atoms. The summed E-state index contributed by atoms with van der Waals surface area (Å²) in [4.78, 5) is 17.2. The fourth-order valence-electron chi connectivity index (χ4n) is 2.78. The van der Waals surface area contributed by atoms with Crippen LogP contribution < -0.4 is 4.80 Å². The fourth-order valence-corrected chi connectivity index (χ4v) is 4.94. The molecule has 3 rings (SSSR count). The Labute approximate surface area is 165 Å². The van der Waals surface area contributed by atoms with Crippen molar-refractivity contribution in [2.24, 2.45) is 4.99 Å². The van der Waals surface area contributed by atoms with Crippen LogP contribution in [-0.4, -0.2) is 38.4 Å². The number of benzene rings is 2. The molecule has 0 unspecified atom stereocenters. The number of hydrogen-bond acceptors (Lipinski definition) is 5. The molecule has 0 saturated heterocycles. The largest absolute Gasteiger partial charge is 0.383 e. The first-order valence-electron chi connectivity index (χ1n) is 8.56. The normalized spacial score (nSPS) is 12.6. The number of carbonyl (C=O) groups is 1. The van der Waals surface area contributed by atoms with Gasteiger partial charge in [-0.15, -0.1) is 0 Å². The molecule has 0 N–H and O–H groups in total. The average molecular weight is 423 g/mol. The maximum absolute atomic E-state index is 14.4. The highest BCUT2D eigenvalue weighted by Gasteiger charge is 2.21. The number of carbonyl (C=O) groups excluding carboxylic acids is 1. The highest BCUT2D eigenvalue weighted by molar-refractivity contribution is 7.91. The third-order valence-corrected chi connectivity index (χ3v) is 7.03. The van der Waals surface area contributed by atoms with E-state index in [4.69, 9.17) is 4.74 Å². The molecule has 0 fully saturated rings. The van der Waals surface area contributed by atoms with Crippen LogP contribution in [0, 0.1) is 5.82 Å². The Hall–Kier alpha value is -2.36. The minimum absolute atomic E-state index is 0.000527. The average Bonchev–Trinajstić information content (AvgIpc) is 3.04. The summed E-state index contributed by atoms with van der Waals surface area (Å²) in [5.41, 5.74) is 0.339. The molecular formula is C19H19FN2O4S2. The molecule has 0 saturated carbocycles. The third kappa shape index (κ3) is 3.91. The van der Waals surface area contributed by atoms with Gasteiger partial charge >= 0.3 is 0 Å². The number of methoxy groups -OCH3 is 1. The lowest BCUT2D eigenvalue weighted by atomic mass is 10.2. The zero-order chi connectivity index (χ0) is 20.3. The lowest BCUT2D eigenvalue weighted by Gasteiger charge is -2.07. The second-order valence-electron chi connectivity index (χ2n) is 5.93. The van der Waals surface area contributed by atoms with E-state index in [0.717, 1.165) is 11.3 Å². The Morgan fingerprint density at radius 1 is 1.21 bits per heavy atom. The van der Waals surface area contributed by atoms with Crippen molar-refractivity contribution < 1.29 is 22.3 Å².